The molecule has 5 heteroatoms. The number of hydrogen-bond donors (Lipinski definition) is 2. The molecule has 0 radical (unpaired) electrons. The molecule has 0 saturated heterocycles. The largest absolute Gasteiger partial charge is 0.481 e. The van der Waals surface area contributed by atoms with E-state index in [9.17, 15) is 9.18 Å². The Kier molecular flexibility index (Phi) is 6.15. The summed E-state index contributed by atoms with van der Waals surface area (Å²) >= 11 is 3.29. The molecule has 0 atom stereocenters. The molecule has 1 aromatic rings. The van der Waals surface area contributed by atoms with Gasteiger partial charge in [0.15, 0.2) is 0 Å². The van der Waals surface area contributed by atoms with Crippen LogP contribution in [0.25, 0.3) is 0 Å². The molecule has 0 aliphatic heterocycles. The molecule has 17 heavy (non-hydrogen) atoms. The number of carboxylic acids is 1. The number of carboxylic acid groups (broad SMARTS) is 1. The molecule has 1 rings (SSSR count). The van der Waals surface area contributed by atoms with Gasteiger partial charge in [0, 0.05) is 23.0 Å². The zero-order valence-corrected chi connectivity index (χ0v) is 11.0. The number of hydrogen-bond acceptors (Lipinski definition) is 2. The fourth-order valence-corrected chi connectivity index (χ4v) is 1.84. The second-order valence-electron chi connectivity index (χ2n) is 3.76. The third-order valence-electron chi connectivity index (χ3n) is 2.32. The van der Waals surface area contributed by atoms with Gasteiger partial charge in [-0.3, -0.25) is 4.79 Å². The van der Waals surface area contributed by atoms with Crippen LogP contribution in [0.15, 0.2) is 22.7 Å². The number of nitrogens with one attached hydrogen (secondary N) is 1. The monoisotopic (exact) mass is 303 g/mol. The van der Waals surface area contributed by atoms with Crippen LogP contribution in [-0.2, 0) is 11.3 Å². The normalized spacial score (nSPS) is 10.5. The summed E-state index contributed by atoms with van der Waals surface area (Å²) in [6.07, 6.45) is 1.61. The van der Waals surface area contributed by atoms with Crippen LogP contribution in [0.3, 0.4) is 0 Å². The number of aliphatic carboxylic acids is 1. The van der Waals surface area contributed by atoms with E-state index < -0.39 is 5.97 Å². The average Bonchev–Trinajstić information content (AvgIpc) is 2.27. The summed E-state index contributed by atoms with van der Waals surface area (Å²) in [4.78, 5) is 10.3. The zero-order chi connectivity index (χ0) is 12.7. The first kappa shape index (κ1) is 14.1. The minimum atomic E-state index is -0.775. The van der Waals surface area contributed by atoms with Gasteiger partial charge in [-0.15, -0.1) is 0 Å². The van der Waals surface area contributed by atoms with E-state index in [0.29, 0.717) is 25.1 Å². The fraction of sp³-hybridized carbons (Fsp3) is 0.417. The summed E-state index contributed by atoms with van der Waals surface area (Å²) in [7, 11) is 0. The molecule has 0 fully saturated rings. The second kappa shape index (κ2) is 7.40. The van der Waals surface area contributed by atoms with Gasteiger partial charge in [0.1, 0.15) is 5.82 Å². The Labute approximate surface area is 108 Å². The first-order valence-electron chi connectivity index (χ1n) is 5.46. The quantitative estimate of drug-likeness (QED) is 0.762. The van der Waals surface area contributed by atoms with Crippen molar-refractivity contribution in [2.75, 3.05) is 6.54 Å². The van der Waals surface area contributed by atoms with Gasteiger partial charge in [-0.05, 0) is 37.6 Å². The molecule has 0 saturated carbocycles. The van der Waals surface area contributed by atoms with Crippen molar-refractivity contribution in [1.29, 1.82) is 0 Å². The molecule has 0 amide bonds. The maximum absolute atomic E-state index is 13.3. The minimum Gasteiger partial charge on any atom is -0.481 e. The highest BCUT2D eigenvalue weighted by atomic mass is 79.9. The van der Waals surface area contributed by atoms with Crippen molar-refractivity contribution < 1.29 is 14.3 Å². The van der Waals surface area contributed by atoms with Gasteiger partial charge in [0.25, 0.3) is 0 Å². The third-order valence-corrected chi connectivity index (χ3v) is 2.81. The van der Waals surface area contributed by atoms with Crippen LogP contribution in [-0.4, -0.2) is 17.6 Å². The van der Waals surface area contributed by atoms with Crippen molar-refractivity contribution in [2.45, 2.75) is 25.8 Å². The summed E-state index contributed by atoms with van der Waals surface area (Å²) in [5, 5.41) is 11.5. The van der Waals surface area contributed by atoms with Crippen LogP contribution >= 0.6 is 15.9 Å². The van der Waals surface area contributed by atoms with Crippen LogP contribution in [0, 0.1) is 5.82 Å². The standard InChI is InChI=1S/C12H15BrFNO2/c13-10-4-5-11(14)9(7-10)8-15-6-2-1-3-12(16)17/h4-5,7,15H,1-3,6,8H2,(H,16,17). The van der Waals surface area contributed by atoms with Crippen LogP contribution in [0.1, 0.15) is 24.8 Å². The summed E-state index contributed by atoms with van der Waals surface area (Å²) in [6, 6.07) is 4.82. The van der Waals surface area contributed by atoms with Gasteiger partial charge >= 0.3 is 5.97 Å². The Bertz CT molecular complexity index is 385. The van der Waals surface area contributed by atoms with E-state index >= 15 is 0 Å². The Balaban J connectivity index is 2.22. The molecule has 0 spiro atoms. The number of rotatable bonds is 7. The highest BCUT2D eigenvalue weighted by Crippen LogP contribution is 2.15. The first-order chi connectivity index (χ1) is 8.09. The predicted octanol–water partition coefficient (Wildman–Crippen LogP) is 2.93. The Morgan fingerprint density at radius 1 is 1.41 bits per heavy atom. The van der Waals surface area contributed by atoms with E-state index in [0.717, 1.165) is 10.9 Å². The average molecular weight is 304 g/mol. The van der Waals surface area contributed by atoms with Crippen molar-refractivity contribution in [3.05, 3.63) is 34.1 Å². The van der Waals surface area contributed by atoms with Crippen molar-refractivity contribution in [3.8, 4) is 0 Å². The van der Waals surface area contributed by atoms with E-state index in [4.69, 9.17) is 5.11 Å². The summed E-state index contributed by atoms with van der Waals surface area (Å²) in [6.45, 7) is 1.15. The van der Waals surface area contributed by atoms with Crippen molar-refractivity contribution in [1.82, 2.24) is 5.32 Å². The highest BCUT2D eigenvalue weighted by Gasteiger charge is 2.02. The lowest BCUT2D eigenvalue weighted by Gasteiger charge is -2.06. The molecule has 0 aliphatic carbocycles. The molecule has 0 unspecified atom stereocenters. The Morgan fingerprint density at radius 2 is 2.18 bits per heavy atom. The smallest absolute Gasteiger partial charge is 0.303 e. The summed E-state index contributed by atoms with van der Waals surface area (Å²) in [5.74, 6) is -1.01. The molecule has 3 nitrogen and oxygen atoms in total. The minimum absolute atomic E-state index is 0.187. The van der Waals surface area contributed by atoms with Gasteiger partial charge in [-0.25, -0.2) is 4.39 Å². The number of benzene rings is 1. The summed E-state index contributed by atoms with van der Waals surface area (Å²) in [5.41, 5.74) is 0.609. The van der Waals surface area contributed by atoms with E-state index in [2.05, 4.69) is 21.2 Å². The zero-order valence-electron chi connectivity index (χ0n) is 9.38. The lowest BCUT2D eigenvalue weighted by Crippen LogP contribution is -2.15. The van der Waals surface area contributed by atoms with Gasteiger partial charge < -0.3 is 10.4 Å². The van der Waals surface area contributed by atoms with Crippen LogP contribution < -0.4 is 5.32 Å². The van der Waals surface area contributed by atoms with E-state index in [1.807, 2.05) is 0 Å². The van der Waals surface area contributed by atoms with Crippen LogP contribution in [0.2, 0.25) is 0 Å². The number of carbonyl (C=O) groups is 1. The molecule has 0 aliphatic rings. The maximum atomic E-state index is 13.3. The van der Waals surface area contributed by atoms with E-state index in [1.54, 1.807) is 12.1 Å². The molecular weight excluding hydrogens is 289 g/mol. The van der Waals surface area contributed by atoms with E-state index in [-0.39, 0.29) is 12.2 Å². The molecule has 94 valence electrons. The summed E-state index contributed by atoms with van der Waals surface area (Å²) < 4.78 is 14.2. The van der Waals surface area contributed by atoms with E-state index in [1.165, 1.54) is 6.07 Å². The molecule has 1 aromatic carbocycles. The first-order valence-corrected chi connectivity index (χ1v) is 6.25. The van der Waals surface area contributed by atoms with Crippen LogP contribution in [0.4, 0.5) is 4.39 Å². The third kappa shape index (κ3) is 5.79. The fourth-order valence-electron chi connectivity index (χ4n) is 1.43. The maximum Gasteiger partial charge on any atom is 0.303 e. The Morgan fingerprint density at radius 3 is 2.88 bits per heavy atom. The van der Waals surface area contributed by atoms with Crippen molar-refractivity contribution >= 4 is 21.9 Å². The van der Waals surface area contributed by atoms with Gasteiger partial charge in [-0.1, -0.05) is 15.9 Å². The highest BCUT2D eigenvalue weighted by molar-refractivity contribution is 9.10. The topological polar surface area (TPSA) is 49.3 Å². The second-order valence-corrected chi connectivity index (χ2v) is 4.68. The SMILES string of the molecule is O=C(O)CCCCNCc1cc(Br)ccc1F. The number of halogens is 2. The lowest BCUT2D eigenvalue weighted by molar-refractivity contribution is -0.137. The van der Waals surface area contributed by atoms with Crippen LogP contribution in [0.5, 0.6) is 0 Å². The molecule has 0 aromatic heterocycles. The predicted molar refractivity (Wildman–Crippen MR) is 67.3 cm³/mol. The van der Waals surface area contributed by atoms with Crippen molar-refractivity contribution in [2.24, 2.45) is 0 Å². The van der Waals surface area contributed by atoms with Crippen molar-refractivity contribution in [3.63, 3.8) is 0 Å². The molecule has 0 heterocycles. The Hall–Kier alpha value is -0.940. The molecule has 2 N–H and O–H groups in total. The van der Waals surface area contributed by atoms with Gasteiger partial charge in [0.05, 0.1) is 0 Å². The van der Waals surface area contributed by atoms with Gasteiger partial charge in [-0.2, -0.15) is 0 Å². The lowest BCUT2D eigenvalue weighted by atomic mass is 10.2. The van der Waals surface area contributed by atoms with Gasteiger partial charge in [0.2, 0.25) is 0 Å². The number of unbranched alkanes of at least 4 members (excludes halogenated alkanes) is 1. The molecular formula is C12H15BrFNO2. The molecule has 0 bridgehead atoms.